The van der Waals surface area contributed by atoms with Crippen molar-refractivity contribution < 1.29 is 9.18 Å². The summed E-state index contributed by atoms with van der Waals surface area (Å²) in [6.07, 6.45) is 5.22. The van der Waals surface area contributed by atoms with Crippen LogP contribution in [0.4, 0.5) is 10.2 Å². The van der Waals surface area contributed by atoms with E-state index in [9.17, 15) is 9.18 Å². The van der Waals surface area contributed by atoms with Gasteiger partial charge in [-0.15, -0.1) is 0 Å². The summed E-state index contributed by atoms with van der Waals surface area (Å²) < 4.78 is 15.1. The standard InChI is InChI=1S/C22H25FN6OS/c1-27-9-11-28(12-10-27)20-13-16(7-8-24-20)14-25-21(30)19-15-26-22(31-2)29(19)18-5-3-17(23)4-6-18/h3-8,13,15H,9-12,14H2,1-2H3,(H,25,30). The Labute approximate surface area is 185 Å². The van der Waals surface area contributed by atoms with Crippen molar-refractivity contribution in [3.8, 4) is 5.69 Å². The highest BCUT2D eigenvalue weighted by Gasteiger charge is 2.19. The van der Waals surface area contributed by atoms with Gasteiger partial charge in [-0.25, -0.2) is 14.4 Å². The van der Waals surface area contributed by atoms with Gasteiger partial charge in [0, 0.05) is 44.6 Å². The first-order valence-corrected chi connectivity index (χ1v) is 11.3. The smallest absolute Gasteiger partial charge is 0.270 e. The molecule has 0 saturated carbocycles. The number of hydrogen-bond acceptors (Lipinski definition) is 6. The van der Waals surface area contributed by atoms with Crippen LogP contribution in [0, 0.1) is 5.82 Å². The van der Waals surface area contributed by atoms with Crippen LogP contribution in [-0.4, -0.2) is 64.8 Å². The Morgan fingerprint density at radius 2 is 1.87 bits per heavy atom. The van der Waals surface area contributed by atoms with Gasteiger partial charge >= 0.3 is 0 Å². The van der Waals surface area contributed by atoms with E-state index in [1.165, 1.54) is 23.9 Å². The number of pyridine rings is 1. The number of nitrogens with zero attached hydrogens (tertiary/aromatic N) is 5. The SMILES string of the molecule is CSc1ncc(C(=O)NCc2ccnc(N3CCN(C)CC3)c2)n1-c1ccc(F)cc1. The summed E-state index contributed by atoms with van der Waals surface area (Å²) in [6.45, 7) is 4.27. The van der Waals surface area contributed by atoms with Crippen LogP contribution in [0.1, 0.15) is 16.1 Å². The zero-order valence-corrected chi connectivity index (χ0v) is 18.4. The number of piperazine rings is 1. The number of thioether (sulfide) groups is 1. The Kier molecular flexibility index (Phi) is 6.53. The molecule has 3 aromatic rings. The van der Waals surface area contributed by atoms with Gasteiger partial charge in [0.1, 0.15) is 17.3 Å². The zero-order chi connectivity index (χ0) is 21.8. The molecule has 1 aliphatic heterocycles. The van der Waals surface area contributed by atoms with Crippen molar-refractivity contribution in [2.24, 2.45) is 0 Å². The molecule has 0 spiro atoms. The Bertz CT molecular complexity index is 1050. The number of imidazole rings is 1. The minimum Gasteiger partial charge on any atom is -0.354 e. The van der Waals surface area contributed by atoms with E-state index in [2.05, 4.69) is 32.1 Å². The summed E-state index contributed by atoms with van der Waals surface area (Å²) >= 11 is 1.43. The van der Waals surface area contributed by atoms with E-state index in [1.54, 1.807) is 29.1 Å². The summed E-state index contributed by atoms with van der Waals surface area (Å²) in [5.41, 5.74) is 2.08. The van der Waals surface area contributed by atoms with Gasteiger partial charge in [-0.2, -0.15) is 0 Å². The number of aromatic nitrogens is 3. The van der Waals surface area contributed by atoms with Crippen molar-refractivity contribution in [2.75, 3.05) is 44.4 Å². The van der Waals surface area contributed by atoms with Crippen LogP contribution >= 0.6 is 11.8 Å². The first kappa shape index (κ1) is 21.3. The molecule has 4 rings (SSSR count). The summed E-state index contributed by atoms with van der Waals surface area (Å²) in [4.78, 5) is 26.3. The fraction of sp³-hybridized carbons (Fsp3) is 0.318. The van der Waals surface area contributed by atoms with Gasteiger partial charge in [0.2, 0.25) is 0 Å². The number of carbonyl (C=O) groups is 1. The molecule has 31 heavy (non-hydrogen) atoms. The maximum absolute atomic E-state index is 13.3. The molecule has 0 bridgehead atoms. The van der Waals surface area contributed by atoms with E-state index in [4.69, 9.17) is 0 Å². The minimum atomic E-state index is -0.325. The lowest BCUT2D eigenvalue weighted by molar-refractivity contribution is 0.0943. The predicted octanol–water partition coefficient (Wildman–Crippen LogP) is 2.81. The average molecular weight is 441 g/mol. The zero-order valence-electron chi connectivity index (χ0n) is 17.6. The van der Waals surface area contributed by atoms with Crippen molar-refractivity contribution in [3.63, 3.8) is 0 Å². The number of benzene rings is 1. The Balaban J connectivity index is 1.48. The second-order valence-corrected chi connectivity index (χ2v) is 8.21. The number of amides is 1. The minimum absolute atomic E-state index is 0.241. The molecular formula is C22H25FN6OS. The van der Waals surface area contributed by atoms with E-state index in [0.29, 0.717) is 23.1 Å². The number of rotatable bonds is 6. The van der Waals surface area contributed by atoms with E-state index in [0.717, 1.165) is 37.6 Å². The van der Waals surface area contributed by atoms with Gasteiger partial charge in [0.25, 0.3) is 5.91 Å². The van der Waals surface area contributed by atoms with E-state index < -0.39 is 0 Å². The fourth-order valence-corrected chi connectivity index (χ4v) is 4.08. The maximum atomic E-state index is 13.3. The molecule has 3 heterocycles. The van der Waals surface area contributed by atoms with Crippen molar-refractivity contribution in [1.82, 2.24) is 24.8 Å². The van der Waals surface area contributed by atoms with Gasteiger partial charge in [-0.05, 0) is 55.3 Å². The van der Waals surface area contributed by atoms with Crippen LogP contribution in [0.3, 0.4) is 0 Å². The van der Waals surface area contributed by atoms with Crippen LogP contribution in [0.5, 0.6) is 0 Å². The van der Waals surface area contributed by atoms with Crippen LogP contribution in [0.2, 0.25) is 0 Å². The monoisotopic (exact) mass is 440 g/mol. The van der Waals surface area contributed by atoms with E-state index in [1.807, 2.05) is 18.4 Å². The number of halogens is 1. The topological polar surface area (TPSA) is 66.3 Å². The summed E-state index contributed by atoms with van der Waals surface area (Å²) in [5.74, 6) is 0.366. The predicted molar refractivity (Wildman–Crippen MR) is 120 cm³/mol. The van der Waals surface area contributed by atoms with Crippen LogP contribution < -0.4 is 10.2 Å². The first-order chi connectivity index (χ1) is 15.0. The highest BCUT2D eigenvalue weighted by Crippen LogP contribution is 2.22. The third-order valence-corrected chi connectivity index (χ3v) is 5.97. The molecule has 2 aromatic heterocycles. The quantitative estimate of drug-likeness (QED) is 0.595. The molecule has 162 valence electrons. The van der Waals surface area contributed by atoms with Gasteiger partial charge in [0.15, 0.2) is 5.16 Å². The lowest BCUT2D eigenvalue weighted by Crippen LogP contribution is -2.44. The molecule has 0 atom stereocenters. The number of likely N-dealkylation sites (N-methyl/N-ethyl adjacent to an activating group) is 1. The van der Waals surface area contributed by atoms with E-state index in [-0.39, 0.29) is 11.7 Å². The first-order valence-electron chi connectivity index (χ1n) is 10.1. The summed E-state index contributed by atoms with van der Waals surface area (Å²) in [6, 6.07) is 9.95. The number of hydrogen-bond donors (Lipinski definition) is 1. The second-order valence-electron chi connectivity index (χ2n) is 7.44. The third-order valence-electron chi connectivity index (χ3n) is 5.32. The highest BCUT2D eigenvalue weighted by atomic mass is 32.2. The Morgan fingerprint density at radius 1 is 1.13 bits per heavy atom. The molecule has 9 heteroatoms. The lowest BCUT2D eigenvalue weighted by atomic mass is 10.2. The molecule has 0 aliphatic carbocycles. The molecule has 0 unspecified atom stereocenters. The molecule has 1 fully saturated rings. The van der Waals surface area contributed by atoms with Gasteiger partial charge in [-0.3, -0.25) is 9.36 Å². The molecule has 1 N–H and O–H groups in total. The summed E-state index contributed by atoms with van der Waals surface area (Å²) in [5, 5.41) is 3.64. The average Bonchev–Trinajstić information content (AvgIpc) is 3.23. The van der Waals surface area contributed by atoms with Crippen molar-refractivity contribution in [1.29, 1.82) is 0 Å². The van der Waals surface area contributed by atoms with Crippen molar-refractivity contribution in [2.45, 2.75) is 11.7 Å². The fourth-order valence-electron chi connectivity index (χ4n) is 3.53. The molecular weight excluding hydrogens is 415 g/mol. The number of carbonyl (C=O) groups excluding carboxylic acids is 1. The van der Waals surface area contributed by atoms with Crippen molar-refractivity contribution >= 4 is 23.5 Å². The molecule has 1 saturated heterocycles. The molecule has 0 radical (unpaired) electrons. The van der Waals surface area contributed by atoms with E-state index >= 15 is 0 Å². The van der Waals surface area contributed by atoms with Gasteiger partial charge in [0.05, 0.1) is 6.20 Å². The molecule has 7 nitrogen and oxygen atoms in total. The van der Waals surface area contributed by atoms with Crippen LogP contribution in [-0.2, 0) is 6.54 Å². The Morgan fingerprint density at radius 3 is 2.58 bits per heavy atom. The van der Waals surface area contributed by atoms with Gasteiger partial charge in [-0.1, -0.05) is 11.8 Å². The molecule has 1 aliphatic rings. The largest absolute Gasteiger partial charge is 0.354 e. The normalized spacial score (nSPS) is 14.6. The van der Waals surface area contributed by atoms with Gasteiger partial charge < -0.3 is 15.1 Å². The molecule has 1 aromatic carbocycles. The highest BCUT2D eigenvalue weighted by molar-refractivity contribution is 7.98. The number of nitrogens with one attached hydrogen (secondary N) is 1. The Hall–Kier alpha value is -2.91. The van der Waals surface area contributed by atoms with Crippen molar-refractivity contribution in [3.05, 3.63) is 65.9 Å². The number of anilines is 1. The van der Waals surface area contributed by atoms with Crippen LogP contribution in [0.15, 0.2) is 53.9 Å². The third kappa shape index (κ3) is 4.88. The maximum Gasteiger partial charge on any atom is 0.270 e. The molecule has 1 amide bonds. The lowest BCUT2D eigenvalue weighted by Gasteiger charge is -2.33. The summed E-state index contributed by atoms with van der Waals surface area (Å²) in [7, 11) is 2.12. The second kappa shape index (κ2) is 9.49. The van der Waals surface area contributed by atoms with Crippen LogP contribution in [0.25, 0.3) is 5.69 Å².